The fraction of sp³-hybridized carbons (Fsp3) is 0.333. The molecule has 0 amide bonds. The van der Waals surface area contributed by atoms with E-state index in [4.69, 9.17) is 5.26 Å². The first kappa shape index (κ1) is 8.54. The molecule has 1 N–H and O–H groups in total. The number of nitrogens with zero attached hydrogens (tertiary/aromatic N) is 1. The molecular formula is C9H10N2O. The van der Waals surface area contributed by atoms with Crippen molar-refractivity contribution in [3.63, 3.8) is 0 Å². The van der Waals surface area contributed by atoms with Gasteiger partial charge in [-0.1, -0.05) is 13.8 Å². The van der Waals surface area contributed by atoms with E-state index in [-0.39, 0.29) is 11.1 Å². The number of aromatic amines is 1. The predicted molar refractivity (Wildman–Crippen MR) is 45.9 cm³/mol. The Hall–Kier alpha value is -1.56. The molecule has 0 aliphatic rings. The highest BCUT2D eigenvalue weighted by molar-refractivity contribution is 5.30. The largest absolute Gasteiger partial charge is 0.328 e. The highest BCUT2D eigenvalue weighted by Gasteiger charge is 2.02. The lowest BCUT2D eigenvalue weighted by atomic mass is 10.0. The van der Waals surface area contributed by atoms with E-state index in [1.165, 1.54) is 0 Å². The minimum Gasteiger partial charge on any atom is -0.328 e. The molecule has 0 atom stereocenters. The van der Waals surface area contributed by atoms with Gasteiger partial charge in [-0.15, -0.1) is 0 Å². The molecule has 0 radical (unpaired) electrons. The maximum atomic E-state index is 10.9. The van der Waals surface area contributed by atoms with Crippen LogP contribution in [0.1, 0.15) is 30.9 Å². The normalized spacial score (nSPS) is 9.83. The Morgan fingerprint density at radius 2 is 2.25 bits per heavy atom. The first-order valence-corrected chi connectivity index (χ1v) is 3.78. The number of nitrogens with one attached hydrogen (secondary N) is 1. The van der Waals surface area contributed by atoms with Gasteiger partial charge in [0.15, 0.2) is 0 Å². The lowest BCUT2D eigenvalue weighted by Gasteiger charge is -2.03. The number of pyridine rings is 1. The summed E-state index contributed by atoms with van der Waals surface area (Å²) in [4.78, 5) is 13.5. The fourth-order valence-corrected chi connectivity index (χ4v) is 0.917. The van der Waals surface area contributed by atoms with Crippen molar-refractivity contribution in [2.45, 2.75) is 19.8 Å². The molecule has 0 saturated heterocycles. The molecule has 3 nitrogen and oxygen atoms in total. The van der Waals surface area contributed by atoms with Gasteiger partial charge in [-0.3, -0.25) is 4.79 Å². The lowest BCUT2D eigenvalue weighted by molar-refractivity contribution is 0.854. The van der Waals surface area contributed by atoms with Gasteiger partial charge in [0.25, 0.3) is 5.56 Å². The second-order valence-electron chi connectivity index (χ2n) is 2.94. The van der Waals surface area contributed by atoms with E-state index < -0.39 is 0 Å². The van der Waals surface area contributed by atoms with Crippen molar-refractivity contribution in [2.24, 2.45) is 0 Å². The summed E-state index contributed by atoms with van der Waals surface area (Å²) in [7, 11) is 0. The maximum Gasteiger partial charge on any atom is 0.265 e. The number of nitriles is 1. The van der Waals surface area contributed by atoms with Crippen molar-refractivity contribution in [1.29, 1.82) is 5.26 Å². The summed E-state index contributed by atoms with van der Waals surface area (Å²) < 4.78 is 0. The molecule has 0 bridgehead atoms. The zero-order valence-electron chi connectivity index (χ0n) is 7.09. The van der Waals surface area contributed by atoms with E-state index in [1.807, 2.05) is 19.9 Å². The van der Waals surface area contributed by atoms with Crippen LogP contribution in [0.2, 0.25) is 0 Å². The van der Waals surface area contributed by atoms with Gasteiger partial charge in [-0.25, -0.2) is 0 Å². The van der Waals surface area contributed by atoms with Crippen molar-refractivity contribution >= 4 is 0 Å². The van der Waals surface area contributed by atoms with Crippen LogP contribution < -0.4 is 5.56 Å². The van der Waals surface area contributed by atoms with Crippen molar-refractivity contribution in [3.05, 3.63) is 33.7 Å². The fourth-order valence-electron chi connectivity index (χ4n) is 0.917. The number of H-pyrrole nitrogens is 1. The molecule has 0 aliphatic carbocycles. The number of rotatable bonds is 1. The number of hydrogen-bond donors (Lipinski definition) is 1. The van der Waals surface area contributed by atoms with E-state index in [2.05, 4.69) is 4.98 Å². The van der Waals surface area contributed by atoms with Gasteiger partial charge in [0.2, 0.25) is 0 Å². The third kappa shape index (κ3) is 1.54. The first-order chi connectivity index (χ1) is 5.65. The SMILES string of the molecule is CC(C)c1c[nH]c(=O)c(C#N)c1. The molecule has 12 heavy (non-hydrogen) atoms. The Kier molecular flexibility index (Phi) is 2.29. The van der Waals surface area contributed by atoms with Gasteiger partial charge in [-0.2, -0.15) is 5.26 Å². The highest BCUT2D eigenvalue weighted by Crippen LogP contribution is 2.11. The minimum atomic E-state index is -0.318. The third-order valence-electron chi connectivity index (χ3n) is 1.71. The molecule has 1 heterocycles. The van der Waals surface area contributed by atoms with Crippen molar-refractivity contribution < 1.29 is 0 Å². The monoisotopic (exact) mass is 162 g/mol. The second-order valence-corrected chi connectivity index (χ2v) is 2.94. The van der Waals surface area contributed by atoms with E-state index in [0.717, 1.165) is 5.56 Å². The van der Waals surface area contributed by atoms with Crippen LogP contribution in [-0.2, 0) is 0 Å². The Labute approximate surface area is 70.7 Å². The molecule has 62 valence electrons. The molecular weight excluding hydrogens is 152 g/mol. The average molecular weight is 162 g/mol. The smallest absolute Gasteiger partial charge is 0.265 e. The summed E-state index contributed by atoms with van der Waals surface area (Å²) in [5, 5.41) is 8.55. The molecule has 3 heteroatoms. The van der Waals surface area contributed by atoms with E-state index in [1.54, 1.807) is 12.3 Å². The molecule has 0 aliphatic heterocycles. The summed E-state index contributed by atoms with van der Waals surface area (Å²) in [5.74, 6) is 0.328. The average Bonchev–Trinajstić information content (AvgIpc) is 2.05. The summed E-state index contributed by atoms with van der Waals surface area (Å²) in [5.41, 5.74) is 0.842. The summed E-state index contributed by atoms with van der Waals surface area (Å²) >= 11 is 0. The molecule has 1 aromatic heterocycles. The maximum absolute atomic E-state index is 10.9. The van der Waals surface area contributed by atoms with Crippen LogP contribution in [-0.4, -0.2) is 4.98 Å². The molecule has 0 spiro atoms. The standard InChI is InChI=1S/C9H10N2O/c1-6(2)8-3-7(4-10)9(12)11-5-8/h3,5-6H,1-2H3,(H,11,12). The highest BCUT2D eigenvalue weighted by atomic mass is 16.1. The molecule has 1 rings (SSSR count). The van der Waals surface area contributed by atoms with Crippen LogP contribution in [0.3, 0.4) is 0 Å². The summed E-state index contributed by atoms with van der Waals surface area (Å²) in [6.07, 6.45) is 1.65. The molecule has 0 aromatic carbocycles. The number of aromatic nitrogens is 1. The van der Waals surface area contributed by atoms with Crippen molar-refractivity contribution in [1.82, 2.24) is 4.98 Å². The Balaban J connectivity index is 3.26. The Morgan fingerprint density at radius 3 is 2.75 bits per heavy atom. The zero-order valence-corrected chi connectivity index (χ0v) is 7.09. The number of hydrogen-bond acceptors (Lipinski definition) is 2. The van der Waals surface area contributed by atoms with Gasteiger partial charge < -0.3 is 4.98 Å². The molecule has 0 unspecified atom stereocenters. The van der Waals surface area contributed by atoms with Gasteiger partial charge >= 0.3 is 0 Å². The Morgan fingerprint density at radius 1 is 1.58 bits per heavy atom. The second kappa shape index (κ2) is 3.22. The topological polar surface area (TPSA) is 56.6 Å². The predicted octanol–water partition coefficient (Wildman–Crippen LogP) is 1.37. The van der Waals surface area contributed by atoms with E-state index in [0.29, 0.717) is 5.92 Å². The van der Waals surface area contributed by atoms with E-state index >= 15 is 0 Å². The van der Waals surface area contributed by atoms with Crippen LogP contribution in [0.4, 0.5) is 0 Å². The summed E-state index contributed by atoms with van der Waals surface area (Å²) in [6, 6.07) is 3.48. The van der Waals surface area contributed by atoms with Crippen LogP contribution >= 0.6 is 0 Å². The van der Waals surface area contributed by atoms with Crippen LogP contribution in [0.5, 0.6) is 0 Å². The van der Waals surface area contributed by atoms with Gasteiger partial charge in [0.1, 0.15) is 11.6 Å². The van der Waals surface area contributed by atoms with Gasteiger partial charge in [0.05, 0.1) is 0 Å². The molecule has 1 aromatic rings. The minimum absolute atomic E-state index is 0.182. The summed E-state index contributed by atoms with van der Waals surface area (Å²) in [6.45, 7) is 4.02. The van der Waals surface area contributed by atoms with Crippen LogP contribution in [0.15, 0.2) is 17.1 Å². The molecule has 0 fully saturated rings. The van der Waals surface area contributed by atoms with Crippen LogP contribution in [0, 0.1) is 11.3 Å². The molecule has 0 saturated carbocycles. The first-order valence-electron chi connectivity index (χ1n) is 3.78. The zero-order chi connectivity index (χ0) is 9.14. The van der Waals surface area contributed by atoms with Gasteiger partial charge in [-0.05, 0) is 17.5 Å². The van der Waals surface area contributed by atoms with Crippen molar-refractivity contribution in [3.8, 4) is 6.07 Å². The van der Waals surface area contributed by atoms with Gasteiger partial charge in [0, 0.05) is 6.20 Å². The van der Waals surface area contributed by atoms with E-state index in [9.17, 15) is 4.79 Å². The lowest BCUT2D eigenvalue weighted by Crippen LogP contribution is -2.10. The quantitative estimate of drug-likeness (QED) is 0.678. The van der Waals surface area contributed by atoms with Crippen molar-refractivity contribution in [2.75, 3.05) is 0 Å². The van der Waals surface area contributed by atoms with Crippen LogP contribution in [0.25, 0.3) is 0 Å². The Bertz CT molecular complexity index is 371. The third-order valence-corrected chi connectivity index (χ3v) is 1.71.